The number of likely N-dealkylation sites (tertiary alicyclic amines) is 1. The van der Waals surface area contributed by atoms with Gasteiger partial charge in [-0.25, -0.2) is 36.1 Å². The number of carbonyl (C=O) groups is 1. The Balaban J connectivity index is 1.26. The zero-order valence-corrected chi connectivity index (χ0v) is 25.8. The maximum atomic E-state index is 15.2. The molecule has 6 rings (SSSR count). The van der Waals surface area contributed by atoms with Crippen molar-refractivity contribution in [2.24, 2.45) is 0 Å². The van der Waals surface area contributed by atoms with Crippen molar-refractivity contribution >= 4 is 27.3 Å². The van der Waals surface area contributed by atoms with Gasteiger partial charge in [0.15, 0.2) is 11.1 Å². The number of alkyl halides is 6. The van der Waals surface area contributed by atoms with Gasteiger partial charge in [-0.2, -0.15) is 22.6 Å². The van der Waals surface area contributed by atoms with Gasteiger partial charge in [0.25, 0.3) is 11.8 Å². The fourth-order valence-corrected chi connectivity index (χ4v) is 7.83. The Hall–Kier alpha value is -4.49. The Morgan fingerprint density at radius 2 is 1.85 bits per heavy atom. The quantitative estimate of drug-likeness (QED) is 0.252. The summed E-state index contributed by atoms with van der Waals surface area (Å²) in [7, 11) is -3.93. The Bertz CT molecular complexity index is 1950. The van der Waals surface area contributed by atoms with Gasteiger partial charge in [0.05, 0.1) is 31.9 Å². The number of methoxy groups -OCH3 is 1. The lowest BCUT2D eigenvalue weighted by Crippen LogP contribution is -2.55. The van der Waals surface area contributed by atoms with Crippen LogP contribution in [-0.4, -0.2) is 101 Å². The smallest absolute Gasteiger partial charge is 0.410 e. The number of aromatic nitrogens is 4. The van der Waals surface area contributed by atoms with Crippen LogP contribution in [0.1, 0.15) is 26.7 Å². The minimum atomic E-state index is -5.20. The van der Waals surface area contributed by atoms with Gasteiger partial charge in [-0.05, 0) is 23.3 Å². The second-order valence-electron chi connectivity index (χ2n) is 11.5. The van der Waals surface area contributed by atoms with Crippen LogP contribution in [0.3, 0.4) is 0 Å². The molecule has 12 nitrogen and oxygen atoms in total. The fraction of sp³-hybridized carbons (Fsp3) is 0.379. The first-order valence-electron chi connectivity index (χ1n) is 14.4. The Kier molecular flexibility index (Phi) is 8.49. The number of nitrogens with zero attached hydrogens (tertiary/aromatic N) is 6. The molecule has 5 heterocycles. The average molecular weight is 699 g/mol. The van der Waals surface area contributed by atoms with Crippen molar-refractivity contribution in [3.8, 4) is 17.1 Å². The van der Waals surface area contributed by atoms with Gasteiger partial charge in [-0.1, -0.05) is 30.3 Å². The molecule has 4 aromatic rings. The lowest BCUT2D eigenvalue weighted by molar-refractivity contribution is -0.134. The molecule has 1 aromatic carbocycles. The van der Waals surface area contributed by atoms with Crippen LogP contribution >= 0.6 is 0 Å². The highest BCUT2D eigenvalue weighted by Gasteiger charge is 2.54. The number of anilines is 1. The molecule has 0 saturated carbocycles. The Morgan fingerprint density at radius 3 is 2.50 bits per heavy atom. The predicted molar refractivity (Wildman–Crippen MR) is 159 cm³/mol. The van der Waals surface area contributed by atoms with Gasteiger partial charge in [0.1, 0.15) is 23.6 Å². The summed E-state index contributed by atoms with van der Waals surface area (Å²) in [5.41, 5.74) is 6.88. The number of nitrogens with one attached hydrogen (secondary N) is 1. The van der Waals surface area contributed by atoms with Crippen LogP contribution < -0.4 is 15.8 Å². The number of halogens is 6. The zero-order valence-electron chi connectivity index (χ0n) is 25.0. The van der Waals surface area contributed by atoms with E-state index in [4.69, 9.17) is 10.5 Å². The van der Waals surface area contributed by atoms with Crippen LogP contribution in [-0.2, 0) is 16.6 Å². The third-order valence-corrected chi connectivity index (χ3v) is 10.3. The van der Waals surface area contributed by atoms with E-state index >= 15 is 4.39 Å². The van der Waals surface area contributed by atoms with Crippen molar-refractivity contribution in [2.45, 2.75) is 36.1 Å². The third kappa shape index (κ3) is 6.24. The molecule has 19 heteroatoms. The highest BCUT2D eigenvalue weighted by atomic mass is 32.2. The Labute approximate surface area is 269 Å². The van der Waals surface area contributed by atoms with E-state index in [0.717, 1.165) is 12.1 Å². The van der Waals surface area contributed by atoms with Crippen LogP contribution in [0.4, 0.5) is 32.2 Å². The van der Waals surface area contributed by atoms with E-state index in [0.29, 0.717) is 21.1 Å². The molecule has 3 N–H and O–H groups in total. The molecule has 256 valence electrons. The lowest BCUT2D eigenvalue weighted by Gasteiger charge is -2.38. The van der Waals surface area contributed by atoms with Gasteiger partial charge in [0.2, 0.25) is 15.9 Å². The summed E-state index contributed by atoms with van der Waals surface area (Å²) in [6.07, 6.45) is -4.72. The number of carbonyl (C=O) groups excluding carboxylic acids is 1. The number of amides is 1. The lowest BCUT2D eigenvalue weighted by atomic mass is 10.1. The number of hydrogen-bond acceptors (Lipinski definition) is 9. The number of benzene rings is 1. The minimum absolute atomic E-state index is 0.0766. The van der Waals surface area contributed by atoms with E-state index in [1.54, 1.807) is 6.07 Å². The van der Waals surface area contributed by atoms with E-state index in [1.807, 2.05) is 0 Å². The summed E-state index contributed by atoms with van der Waals surface area (Å²) in [5.74, 6) is -3.86. The SMILES string of the molecule is COc1ncc(-c2cc(CN3CC(F)(F)C3)c3c(N)ncnn23)cc1C(=O)N[C@@H]1CN(S(=O)(=O)C(c2ccccc2)C(F)(F)F)C[C@@H]1F. The van der Waals surface area contributed by atoms with E-state index in [1.165, 1.54) is 53.3 Å². The van der Waals surface area contributed by atoms with Crippen LogP contribution in [0.5, 0.6) is 5.88 Å². The van der Waals surface area contributed by atoms with Crippen LogP contribution in [0.15, 0.2) is 55.0 Å². The first-order chi connectivity index (χ1) is 22.6. The van der Waals surface area contributed by atoms with E-state index < -0.39 is 77.2 Å². The van der Waals surface area contributed by atoms with Crippen molar-refractivity contribution in [3.63, 3.8) is 0 Å². The van der Waals surface area contributed by atoms with Gasteiger partial charge in [-0.15, -0.1) is 0 Å². The van der Waals surface area contributed by atoms with Gasteiger partial charge < -0.3 is 15.8 Å². The second-order valence-corrected chi connectivity index (χ2v) is 13.6. The highest BCUT2D eigenvalue weighted by molar-refractivity contribution is 7.89. The van der Waals surface area contributed by atoms with Crippen LogP contribution in [0.25, 0.3) is 16.8 Å². The number of rotatable bonds is 9. The number of nitrogens with two attached hydrogens (primary N) is 1. The number of nitrogen functional groups attached to an aromatic ring is 1. The molecule has 2 fully saturated rings. The molecule has 1 amide bonds. The van der Waals surface area contributed by atoms with Crippen molar-refractivity contribution in [3.05, 3.63) is 71.7 Å². The molecule has 3 atom stereocenters. The standard InChI is InChI=1S/C29H28F6N8O4S/c1-47-27-19(7-17(9-37-27)22-8-18(10-41-13-28(31,32)14-41)23-25(36)38-15-39-43(22)23)26(44)40-21-12-42(11-20(21)30)48(45,46)24(29(33,34)35)16-5-3-2-4-6-16/h2-9,15,20-21,24H,10-14H2,1H3,(H,40,44)(H2,36,38,39)/t20-,21+,24?/m0/s1. The van der Waals surface area contributed by atoms with Gasteiger partial charge >= 0.3 is 6.18 Å². The number of ether oxygens (including phenoxy) is 1. The fourth-order valence-electron chi connectivity index (χ4n) is 5.98. The van der Waals surface area contributed by atoms with Crippen molar-refractivity contribution in [2.75, 3.05) is 39.0 Å². The topological polar surface area (TPSA) is 148 Å². The van der Waals surface area contributed by atoms with Crippen molar-refractivity contribution < 1.29 is 44.3 Å². The number of pyridine rings is 1. The number of sulfonamides is 1. The first-order valence-corrected chi connectivity index (χ1v) is 15.9. The van der Waals surface area contributed by atoms with Crippen molar-refractivity contribution in [1.82, 2.24) is 34.1 Å². The summed E-state index contributed by atoms with van der Waals surface area (Å²) in [6, 6.07) is 7.45. The number of fused-ring (bicyclic) bond motifs is 1. The molecule has 3 aromatic heterocycles. The molecule has 48 heavy (non-hydrogen) atoms. The largest absolute Gasteiger partial charge is 0.480 e. The van der Waals surface area contributed by atoms with Crippen LogP contribution in [0, 0.1) is 0 Å². The van der Waals surface area contributed by atoms with E-state index in [9.17, 15) is 35.2 Å². The normalized spacial score (nSPS) is 20.8. The molecule has 2 aliphatic heterocycles. The zero-order chi connectivity index (χ0) is 34.6. The maximum absolute atomic E-state index is 15.2. The summed E-state index contributed by atoms with van der Waals surface area (Å²) in [4.78, 5) is 23.1. The first kappa shape index (κ1) is 33.4. The molecule has 0 spiro atoms. The molecule has 0 radical (unpaired) electrons. The molecular formula is C29H28F6N8O4S. The summed E-state index contributed by atoms with van der Waals surface area (Å²) >= 11 is 0. The Morgan fingerprint density at radius 1 is 1.15 bits per heavy atom. The molecule has 0 bridgehead atoms. The highest BCUT2D eigenvalue weighted by Crippen LogP contribution is 2.42. The second kappa shape index (κ2) is 12.2. The molecule has 0 aliphatic carbocycles. The maximum Gasteiger partial charge on any atom is 0.410 e. The van der Waals surface area contributed by atoms with Gasteiger partial charge in [0, 0.05) is 31.4 Å². The number of hydrogen-bond donors (Lipinski definition) is 2. The predicted octanol–water partition coefficient (Wildman–Crippen LogP) is 3.22. The molecular weight excluding hydrogens is 670 g/mol. The summed E-state index contributed by atoms with van der Waals surface area (Å²) in [6.45, 7) is -2.46. The average Bonchev–Trinajstić information content (AvgIpc) is 3.57. The third-order valence-electron chi connectivity index (χ3n) is 8.14. The minimum Gasteiger partial charge on any atom is -0.480 e. The molecule has 2 aliphatic rings. The van der Waals surface area contributed by atoms with E-state index in [2.05, 4.69) is 20.4 Å². The van der Waals surface area contributed by atoms with E-state index in [-0.39, 0.29) is 29.4 Å². The van der Waals surface area contributed by atoms with Crippen LogP contribution in [0.2, 0.25) is 0 Å². The monoisotopic (exact) mass is 698 g/mol. The molecule has 1 unspecified atom stereocenters. The summed E-state index contributed by atoms with van der Waals surface area (Å²) in [5, 5.41) is 3.65. The van der Waals surface area contributed by atoms with Gasteiger partial charge in [-0.3, -0.25) is 9.69 Å². The summed E-state index contributed by atoms with van der Waals surface area (Å²) < 4.78 is 118. The molecule has 2 saturated heterocycles. The van der Waals surface area contributed by atoms with Crippen molar-refractivity contribution in [1.29, 1.82) is 0 Å².